The predicted octanol–water partition coefficient (Wildman–Crippen LogP) is 4.25. The van der Waals surface area contributed by atoms with Crippen molar-refractivity contribution in [3.8, 4) is 22.9 Å². The van der Waals surface area contributed by atoms with Crippen molar-refractivity contribution in [2.45, 2.75) is 88.6 Å². The molecule has 2 saturated carbocycles. The molecule has 1 aliphatic heterocycles. The molecule has 3 amide bonds. The van der Waals surface area contributed by atoms with Crippen LogP contribution in [0.3, 0.4) is 0 Å². The minimum Gasteiger partial charge on any atom is -0.496 e. The zero-order chi connectivity index (χ0) is 36.6. The van der Waals surface area contributed by atoms with Gasteiger partial charge in [0.1, 0.15) is 33.5 Å². The van der Waals surface area contributed by atoms with Crippen molar-refractivity contribution < 1.29 is 36.5 Å². The topological polar surface area (TPSA) is 171 Å². The van der Waals surface area contributed by atoms with Crippen molar-refractivity contribution >= 4 is 38.9 Å². The highest BCUT2D eigenvalue weighted by Crippen LogP contribution is 2.49. The van der Waals surface area contributed by atoms with Crippen LogP contribution in [0.1, 0.15) is 64.4 Å². The zero-order valence-corrected chi connectivity index (χ0v) is 30.5. The third-order valence-corrected chi connectivity index (χ3v) is 12.2. The number of rotatable bonds is 10. The maximum Gasteiger partial charge on any atom is 0.348 e. The lowest BCUT2D eigenvalue weighted by molar-refractivity contribution is -0.141. The van der Waals surface area contributed by atoms with Crippen LogP contribution in [0.4, 0.5) is 4.79 Å². The van der Waals surface area contributed by atoms with Crippen molar-refractivity contribution in [1.82, 2.24) is 30.3 Å². The van der Waals surface area contributed by atoms with E-state index in [0.29, 0.717) is 60.8 Å². The van der Waals surface area contributed by atoms with Gasteiger partial charge in [0.15, 0.2) is 0 Å². The molecule has 3 heterocycles. The van der Waals surface area contributed by atoms with Crippen LogP contribution in [-0.4, -0.2) is 89.6 Å². The molecule has 2 N–H and O–H groups in total. The van der Waals surface area contributed by atoms with Crippen molar-refractivity contribution in [3.63, 3.8) is 0 Å². The Bertz CT molecular complexity index is 1970. The summed E-state index contributed by atoms with van der Waals surface area (Å²) in [6.45, 7) is 6.63. The summed E-state index contributed by atoms with van der Waals surface area (Å²) in [7, 11) is -0.939. The van der Waals surface area contributed by atoms with Crippen molar-refractivity contribution in [3.05, 3.63) is 48.2 Å². The molecular weight excluding hydrogens is 676 g/mol. The number of methoxy groups -OCH3 is 1. The summed E-state index contributed by atoms with van der Waals surface area (Å²) in [5, 5.41) is 10.9. The van der Waals surface area contributed by atoms with Crippen LogP contribution in [0, 0.1) is 12.8 Å². The summed E-state index contributed by atoms with van der Waals surface area (Å²) >= 11 is 0. The van der Waals surface area contributed by atoms with E-state index in [1.807, 2.05) is 50.4 Å². The Morgan fingerprint density at radius 1 is 1.12 bits per heavy atom. The average Bonchev–Trinajstić information content (AvgIpc) is 3.97. The van der Waals surface area contributed by atoms with E-state index in [2.05, 4.69) is 15.7 Å². The van der Waals surface area contributed by atoms with Gasteiger partial charge in [-0.3, -0.25) is 9.48 Å². The summed E-state index contributed by atoms with van der Waals surface area (Å²) in [6.07, 6.45) is 8.90. The number of pyridine rings is 1. The fraction of sp³-hybridized carbons (Fsp3) is 0.528. The van der Waals surface area contributed by atoms with Gasteiger partial charge in [-0.1, -0.05) is 12.2 Å². The molecule has 2 aromatic heterocycles. The highest BCUT2D eigenvalue weighted by Gasteiger charge is 2.64. The number of hydrogen-bond donors (Lipinski definition) is 2. The standard InChI is InChI=1S/C36H46N6O8S/c1-6-42-19-14-26(40-42)28-21-30(25-12-13-29(48-5)23(2)31(25)37-28)49-20-15-27-32(43)39-36(33(44)50-51(46,47)35(3)16-17-35)22-24(36)11-9-7-8-10-18-41(4)34(45)38-27/h9,11-14,19,21,24,27H,6-8,10,15-18,20,22H2,1-5H3,(H,38,45)(H,39,43)/b11-9-/t24-,27+,36-/m1/s1. The zero-order valence-electron chi connectivity index (χ0n) is 29.7. The average molecular weight is 723 g/mol. The minimum atomic E-state index is -4.19. The Morgan fingerprint density at radius 3 is 2.61 bits per heavy atom. The van der Waals surface area contributed by atoms with Crippen LogP contribution < -0.4 is 20.1 Å². The Morgan fingerprint density at radius 2 is 1.90 bits per heavy atom. The highest BCUT2D eigenvalue weighted by molar-refractivity contribution is 7.88. The van der Waals surface area contributed by atoms with E-state index in [1.54, 1.807) is 24.9 Å². The van der Waals surface area contributed by atoms with E-state index in [1.165, 1.54) is 11.8 Å². The number of allylic oxidation sites excluding steroid dienone is 1. The quantitative estimate of drug-likeness (QED) is 0.228. The number of amides is 3. The largest absolute Gasteiger partial charge is 0.496 e. The van der Waals surface area contributed by atoms with E-state index in [9.17, 15) is 22.8 Å². The van der Waals surface area contributed by atoms with Crippen molar-refractivity contribution in [2.75, 3.05) is 27.3 Å². The van der Waals surface area contributed by atoms with Gasteiger partial charge >= 0.3 is 22.1 Å². The van der Waals surface area contributed by atoms with E-state index in [4.69, 9.17) is 18.6 Å². The smallest absolute Gasteiger partial charge is 0.348 e. The van der Waals surface area contributed by atoms with Gasteiger partial charge in [0.05, 0.1) is 24.9 Å². The van der Waals surface area contributed by atoms with E-state index < -0.39 is 50.3 Å². The molecule has 0 spiro atoms. The minimum absolute atomic E-state index is 0.00260. The van der Waals surface area contributed by atoms with Gasteiger partial charge in [0.25, 0.3) is 0 Å². The Balaban J connectivity index is 1.27. The Labute approximate surface area is 298 Å². The third-order valence-electron chi connectivity index (χ3n) is 10.2. The number of aromatic nitrogens is 3. The second-order valence-corrected chi connectivity index (χ2v) is 15.9. The summed E-state index contributed by atoms with van der Waals surface area (Å²) in [4.78, 5) is 47.2. The molecule has 0 saturated heterocycles. The van der Waals surface area contributed by atoms with Crippen molar-refractivity contribution in [2.24, 2.45) is 5.92 Å². The summed E-state index contributed by atoms with van der Waals surface area (Å²) < 4.78 is 43.5. The monoisotopic (exact) mass is 722 g/mol. The molecule has 3 aliphatic rings. The van der Waals surface area contributed by atoms with Crippen LogP contribution in [0.15, 0.2) is 42.6 Å². The van der Waals surface area contributed by atoms with Crippen LogP contribution in [-0.2, 0) is 30.4 Å². The van der Waals surface area contributed by atoms with Crippen LogP contribution in [0.2, 0.25) is 0 Å². The molecular formula is C36H46N6O8S. The lowest BCUT2D eigenvalue weighted by Gasteiger charge is -2.26. The number of nitrogens with zero attached hydrogens (tertiary/aromatic N) is 4. The van der Waals surface area contributed by atoms with Gasteiger partial charge in [-0.2, -0.15) is 13.5 Å². The van der Waals surface area contributed by atoms with Gasteiger partial charge in [-0.05, 0) is 77.5 Å². The van der Waals surface area contributed by atoms with Gasteiger partial charge < -0.3 is 29.2 Å². The molecule has 6 rings (SSSR count). The van der Waals surface area contributed by atoms with Crippen LogP contribution >= 0.6 is 0 Å². The van der Waals surface area contributed by atoms with Gasteiger partial charge in [0.2, 0.25) is 5.91 Å². The Hall–Kier alpha value is -4.66. The predicted molar refractivity (Wildman–Crippen MR) is 190 cm³/mol. The molecule has 274 valence electrons. The molecule has 15 heteroatoms. The molecule has 0 radical (unpaired) electrons. The molecule has 0 unspecified atom stereocenters. The number of aryl methyl sites for hydroxylation is 2. The van der Waals surface area contributed by atoms with Gasteiger partial charge in [-0.15, -0.1) is 0 Å². The van der Waals surface area contributed by atoms with E-state index >= 15 is 0 Å². The summed E-state index contributed by atoms with van der Waals surface area (Å²) in [5.74, 6) is -0.946. The highest BCUT2D eigenvalue weighted by atomic mass is 32.2. The van der Waals surface area contributed by atoms with Crippen LogP contribution in [0.5, 0.6) is 11.5 Å². The molecule has 1 aromatic carbocycles. The number of hydrogen-bond acceptors (Lipinski definition) is 10. The Kier molecular flexibility index (Phi) is 10.0. The number of carbonyl (C=O) groups excluding carboxylic acids is 3. The lowest BCUT2D eigenvalue weighted by atomic mass is 10.1. The first-order chi connectivity index (χ1) is 24.3. The van der Waals surface area contributed by atoms with Crippen LogP contribution in [0.25, 0.3) is 22.3 Å². The van der Waals surface area contributed by atoms with E-state index in [-0.39, 0.29) is 19.4 Å². The first-order valence-corrected chi connectivity index (χ1v) is 18.9. The fourth-order valence-corrected chi connectivity index (χ4v) is 7.42. The second kappa shape index (κ2) is 14.2. The fourth-order valence-electron chi connectivity index (χ4n) is 6.27. The SMILES string of the molecule is CCn1ccc(-c2cc(OCC[C@@H]3NC(=O)N(C)CCCC/C=C\[C@@H]4C[C@@]4(C(=O)OS(=O)(=O)C4(C)CC4)NC3=O)c3ccc(OC)c(C)c3n2)n1. The number of nitrogens with one attached hydrogen (secondary N) is 2. The van der Waals surface area contributed by atoms with Gasteiger partial charge in [0, 0.05) is 55.7 Å². The summed E-state index contributed by atoms with van der Waals surface area (Å²) in [5.41, 5.74) is 1.17. The number of ether oxygens (including phenoxy) is 2. The number of benzene rings is 1. The number of carbonyl (C=O) groups is 3. The maximum atomic E-state index is 14.0. The molecule has 14 nitrogen and oxygen atoms in total. The number of urea groups is 1. The van der Waals surface area contributed by atoms with Gasteiger partial charge in [-0.25, -0.2) is 14.6 Å². The molecule has 51 heavy (non-hydrogen) atoms. The molecule has 0 bridgehead atoms. The molecule has 3 atom stereocenters. The molecule has 2 aliphatic carbocycles. The third kappa shape index (κ3) is 7.39. The molecule has 3 aromatic rings. The first kappa shape index (κ1) is 36.1. The second-order valence-electron chi connectivity index (χ2n) is 13.9. The van der Waals surface area contributed by atoms with E-state index in [0.717, 1.165) is 23.8 Å². The lowest BCUT2D eigenvalue weighted by Crippen LogP contribution is -2.56. The molecule has 2 fully saturated rings. The normalized spacial score (nSPS) is 24.1. The number of fused-ring (bicyclic) bond motifs is 2. The van der Waals surface area contributed by atoms with Crippen molar-refractivity contribution in [1.29, 1.82) is 0 Å². The first-order valence-electron chi connectivity index (χ1n) is 17.4. The summed E-state index contributed by atoms with van der Waals surface area (Å²) in [6, 6.07) is 5.78. The maximum absolute atomic E-state index is 14.0.